The zero-order chi connectivity index (χ0) is 14.4. The third kappa shape index (κ3) is 137. The molecule has 12 heteroatoms. The molecule has 0 unspecified atom stereocenters. The number of rotatable bonds is 0. The second-order valence-electron chi connectivity index (χ2n) is 1.43. The second kappa shape index (κ2) is 49.2. The maximum absolute atomic E-state index is 6.86. The summed E-state index contributed by atoms with van der Waals surface area (Å²) in [7, 11) is 0. The van der Waals surface area contributed by atoms with Crippen LogP contribution < -0.4 is 0 Å². The molecule has 0 aromatic carbocycles. The molecular weight excluding hydrogens is 310 g/mol. The summed E-state index contributed by atoms with van der Waals surface area (Å²) in [6.07, 6.45) is 7.73. The first-order valence-corrected chi connectivity index (χ1v) is 4.46. The number of nitrogens with one attached hydrogen (secondary N) is 4. The molecule has 0 aromatic rings. The van der Waals surface area contributed by atoms with Gasteiger partial charge >= 0.3 is 23.5 Å². The minimum atomic E-state index is 0.858. The Kier molecular flexibility index (Phi) is 69.8. The van der Waals surface area contributed by atoms with Crippen molar-refractivity contribution in [1.29, 1.82) is 20.5 Å². The van der Waals surface area contributed by atoms with Gasteiger partial charge < -0.3 is 5.32 Å². The molecule has 1 heterocycles. The van der Waals surface area contributed by atoms with Crippen molar-refractivity contribution in [2.75, 3.05) is 6.54 Å². The zero-order valence-corrected chi connectivity index (χ0v) is 10.6. The van der Waals surface area contributed by atoms with E-state index in [1.165, 1.54) is 19.6 Å². The van der Waals surface area contributed by atoms with Crippen LogP contribution in [0.25, 0.3) is 36.6 Å². The first-order valence-electron chi connectivity index (χ1n) is 3.46. The van der Waals surface area contributed by atoms with E-state index in [2.05, 4.69) is 5.32 Å². The second-order valence-corrected chi connectivity index (χ2v) is 1.43. The topological polar surface area (TPSA) is 219 Å². The fourth-order valence-corrected chi connectivity index (χ4v) is 0.372. The number of nitrogens with zero attached hydrogens (tertiary/aromatic N) is 7. The number of allylic oxidation sites excluding steroid dienone is 2. The molecule has 11 nitrogen and oxygen atoms in total. The van der Waals surface area contributed by atoms with Crippen molar-refractivity contribution in [1.82, 2.24) is 0 Å². The van der Waals surface area contributed by atoms with Gasteiger partial charge in [0.05, 0.1) is 0 Å². The molecule has 4 N–H and O–H groups in total. The standard InChI is InChI=1S/C5H6N.Mo.3HN3.HN/c1-2-4-6-5-3-1;;3*1-3-2;/h1-4H,5H2;;3*1H;1H/q-1;;;;;. The first kappa shape index (κ1) is 24.1. The van der Waals surface area contributed by atoms with Gasteiger partial charge in [-0.05, 0) is 31.3 Å². The van der Waals surface area contributed by atoms with Crippen molar-refractivity contribution >= 4 is 0 Å². The van der Waals surface area contributed by atoms with Crippen LogP contribution in [0, 0.1) is 20.5 Å². The quantitative estimate of drug-likeness (QED) is 0.211. The van der Waals surface area contributed by atoms with Gasteiger partial charge in [-0.1, -0.05) is 12.2 Å². The molecule has 1 aliphatic heterocycles. The van der Waals surface area contributed by atoms with E-state index < -0.39 is 0 Å². The molecule has 0 saturated carbocycles. The van der Waals surface area contributed by atoms with Crippen LogP contribution >= 0.6 is 0 Å². The van der Waals surface area contributed by atoms with Crippen LogP contribution in [-0.4, -0.2) is 6.54 Å². The average Bonchev–Trinajstić information content (AvgIpc) is 2.37. The first-order chi connectivity index (χ1) is 8.24. The van der Waals surface area contributed by atoms with Gasteiger partial charge in [0, 0.05) is 0 Å². The van der Waals surface area contributed by atoms with E-state index in [-0.39, 0.29) is 0 Å². The number of hydrogen-bond acceptors (Lipinski definition) is 4. The molecule has 0 fully saturated rings. The summed E-state index contributed by atoms with van der Waals surface area (Å²) < 4.78 is 5.76. The van der Waals surface area contributed by atoms with E-state index in [9.17, 15) is 0 Å². The average molecular weight is 320 g/mol. The van der Waals surface area contributed by atoms with Crippen molar-refractivity contribution in [2.24, 2.45) is 0 Å². The van der Waals surface area contributed by atoms with Crippen LogP contribution in [0.3, 0.4) is 0 Å². The molecule has 1 aliphatic rings. The summed E-state index contributed by atoms with van der Waals surface area (Å²) in [6, 6.07) is 0. The zero-order valence-electron chi connectivity index (χ0n) is 8.56. The van der Waals surface area contributed by atoms with Crippen LogP contribution in [0.4, 0.5) is 0 Å². The normalized spacial score (nSPS) is 7.76. The van der Waals surface area contributed by atoms with Gasteiger partial charge in [0.15, 0.2) is 0 Å². The van der Waals surface area contributed by atoms with Crippen molar-refractivity contribution in [2.45, 2.75) is 0 Å². The van der Waals surface area contributed by atoms with Gasteiger partial charge in [0.1, 0.15) is 0 Å². The minimum absolute atomic E-state index is 0.858. The Morgan fingerprint density at radius 2 is 1.29 bits per heavy atom. The molecule has 0 bridgehead atoms. The van der Waals surface area contributed by atoms with Gasteiger partial charge in [-0.2, -0.15) is 6.20 Å². The van der Waals surface area contributed by atoms with Gasteiger partial charge in [0.2, 0.25) is 0 Å². The van der Waals surface area contributed by atoms with Gasteiger partial charge in [-0.3, -0.25) is 0 Å². The summed E-state index contributed by atoms with van der Waals surface area (Å²) in [4.78, 5) is 5.25. The summed E-state index contributed by atoms with van der Waals surface area (Å²) in [5.41, 5.74) is 36.8. The Morgan fingerprint density at radius 1 is 0.941 bits per heavy atom. The SMILES string of the molecule is C1=CC[N-]C=C1.[N-]=[N+]=N.[N-]=[N+]=N.[N-]=[N+]=N.[NH]=[Mo]. The Bertz CT molecular complexity index is 248. The third-order valence-corrected chi connectivity index (χ3v) is 0.649. The van der Waals surface area contributed by atoms with Crippen molar-refractivity contribution < 1.29 is 19.6 Å². The van der Waals surface area contributed by atoms with Gasteiger partial charge in [-0.15, -0.1) is 29.2 Å². The van der Waals surface area contributed by atoms with E-state index >= 15 is 0 Å². The van der Waals surface area contributed by atoms with E-state index in [0.717, 1.165) is 6.54 Å². The molecule has 0 aromatic heterocycles. The predicted octanol–water partition coefficient (Wildman–Crippen LogP) is 4.37. The Morgan fingerprint density at radius 3 is 1.35 bits per heavy atom. The molecule has 1 rings (SSSR count). The van der Waals surface area contributed by atoms with Gasteiger partial charge in [-0.25, -0.2) is 0 Å². The van der Waals surface area contributed by atoms with Crippen molar-refractivity contribution in [3.63, 3.8) is 0 Å². The monoisotopic (exact) mass is 322 g/mol. The van der Waals surface area contributed by atoms with Crippen molar-refractivity contribution in [3.05, 3.63) is 61.1 Å². The molecule has 0 saturated heterocycles. The molecule has 0 spiro atoms. The van der Waals surface area contributed by atoms with E-state index in [1.54, 1.807) is 20.9 Å². The molecule has 0 amide bonds. The molecule has 0 aliphatic carbocycles. The fourth-order valence-electron chi connectivity index (χ4n) is 0.372. The summed E-state index contributed by atoms with van der Waals surface area (Å²) >= 11 is 1.20. The van der Waals surface area contributed by atoms with E-state index in [4.69, 9.17) is 37.1 Å². The molecule has 17 heavy (non-hydrogen) atoms. The Balaban J connectivity index is -0.0000000676. The van der Waals surface area contributed by atoms with Crippen LogP contribution in [0.2, 0.25) is 0 Å². The Hall–Kier alpha value is -2.30. The molecule has 92 valence electrons. The molecular formula is C5H10MoN11-. The maximum atomic E-state index is 6.86. The van der Waals surface area contributed by atoms with E-state index in [1.807, 2.05) is 18.2 Å². The third-order valence-electron chi connectivity index (χ3n) is 0.649. The molecule has 0 atom stereocenters. The van der Waals surface area contributed by atoms with Crippen LogP contribution in [0.5, 0.6) is 0 Å². The van der Waals surface area contributed by atoms with Crippen LogP contribution in [-0.2, 0) is 19.6 Å². The molecule has 0 radical (unpaired) electrons. The summed E-state index contributed by atoms with van der Waals surface area (Å²) in [5.74, 6) is 0. The summed E-state index contributed by atoms with van der Waals surface area (Å²) in [6.45, 7) is 0.858. The Labute approximate surface area is 108 Å². The van der Waals surface area contributed by atoms with Crippen LogP contribution in [0.1, 0.15) is 0 Å². The predicted molar refractivity (Wildman–Crippen MR) is 57.5 cm³/mol. The number of hydrogen-bond donors (Lipinski definition) is 4. The van der Waals surface area contributed by atoms with Crippen molar-refractivity contribution in [3.8, 4) is 0 Å². The summed E-state index contributed by atoms with van der Waals surface area (Å²) in [5, 5.41) is 3.91. The fraction of sp³-hybridized carbons (Fsp3) is 0.200. The van der Waals surface area contributed by atoms with E-state index in [0.29, 0.717) is 0 Å². The van der Waals surface area contributed by atoms with Gasteiger partial charge in [0.25, 0.3) is 0 Å². The van der Waals surface area contributed by atoms with Crippen LogP contribution in [0.15, 0.2) is 24.4 Å².